The minimum Gasteiger partial charge on any atom is -0.493 e. The Morgan fingerprint density at radius 2 is 1.92 bits per heavy atom. The maximum Gasteiger partial charge on any atom is 0.416 e. The number of nitro groups is 1. The van der Waals surface area contributed by atoms with Gasteiger partial charge in [0.15, 0.2) is 11.5 Å². The molecule has 0 amide bonds. The molecule has 1 aliphatic heterocycles. The number of hydrogen-bond donors (Lipinski definition) is 1. The molecule has 1 aromatic heterocycles. The third-order valence-corrected chi connectivity index (χ3v) is 6.45. The molecule has 1 aliphatic carbocycles. The smallest absolute Gasteiger partial charge is 0.416 e. The van der Waals surface area contributed by atoms with Crippen LogP contribution in [0.15, 0.2) is 30.3 Å². The molecule has 0 bridgehead atoms. The summed E-state index contributed by atoms with van der Waals surface area (Å²) in [6.07, 6.45) is -2.25. The molecule has 9 nitrogen and oxygen atoms in total. The second-order valence-corrected chi connectivity index (χ2v) is 9.26. The van der Waals surface area contributed by atoms with Gasteiger partial charge in [-0.15, -0.1) is 0 Å². The van der Waals surface area contributed by atoms with Gasteiger partial charge in [0.1, 0.15) is 17.7 Å². The fraction of sp³-hybridized carbons (Fsp3) is 0.440. The van der Waals surface area contributed by atoms with Gasteiger partial charge in [-0.05, 0) is 37.5 Å². The molecule has 2 aromatic carbocycles. The Balaban J connectivity index is 1.56. The number of halogens is 3. The number of anilines is 1. The Bertz CT molecular complexity index is 1340. The van der Waals surface area contributed by atoms with Gasteiger partial charge in [-0.1, -0.05) is 0 Å². The van der Waals surface area contributed by atoms with Crippen molar-refractivity contribution in [3.8, 4) is 11.5 Å². The molecule has 3 aromatic rings. The summed E-state index contributed by atoms with van der Waals surface area (Å²) in [5, 5.41) is 15.1. The predicted octanol–water partition coefficient (Wildman–Crippen LogP) is 5.78. The molecule has 1 unspecified atom stereocenters. The number of rotatable bonds is 8. The summed E-state index contributed by atoms with van der Waals surface area (Å²) in [5.41, 5.74) is -1.03. The maximum absolute atomic E-state index is 13.4. The first-order valence-corrected chi connectivity index (χ1v) is 11.9. The van der Waals surface area contributed by atoms with Crippen molar-refractivity contribution in [1.29, 1.82) is 0 Å². The molecule has 37 heavy (non-hydrogen) atoms. The van der Waals surface area contributed by atoms with E-state index < -0.39 is 28.4 Å². The summed E-state index contributed by atoms with van der Waals surface area (Å²) in [6.45, 7) is 2.68. The van der Waals surface area contributed by atoms with Crippen LogP contribution >= 0.6 is 0 Å². The van der Waals surface area contributed by atoms with Crippen molar-refractivity contribution in [2.45, 2.75) is 50.4 Å². The molecule has 5 rings (SSSR count). The second-order valence-electron chi connectivity index (χ2n) is 9.26. The molecule has 1 saturated heterocycles. The van der Waals surface area contributed by atoms with Gasteiger partial charge >= 0.3 is 6.18 Å². The standard InChI is InChI=1S/C25H25F3N4O5/c1-13(15-7-16(25(26,27)28)9-17(8-15)32(33)34)29-24-19-10-22(37-18-5-6-36-12-18)21(35-2)11-20(19)30-23(31-24)14-3-4-14/h7-11,13-14,18H,3-6,12H2,1-2H3,(H,29,30,31)/t13?,18-/m0/s1. The van der Waals surface area contributed by atoms with Crippen molar-refractivity contribution >= 4 is 22.4 Å². The fourth-order valence-corrected chi connectivity index (χ4v) is 4.27. The van der Waals surface area contributed by atoms with E-state index in [2.05, 4.69) is 10.3 Å². The lowest BCUT2D eigenvalue weighted by atomic mass is 10.0. The van der Waals surface area contributed by atoms with Gasteiger partial charge in [-0.2, -0.15) is 13.2 Å². The van der Waals surface area contributed by atoms with Crippen molar-refractivity contribution in [3.63, 3.8) is 0 Å². The molecular formula is C25H25F3N4O5. The Hall–Kier alpha value is -3.67. The number of methoxy groups -OCH3 is 1. The average molecular weight is 518 g/mol. The zero-order valence-corrected chi connectivity index (χ0v) is 20.2. The number of benzene rings is 2. The topological polar surface area (TPSA) is 109 Å². The van der Waals surface area contributed by atoms with Crippen LogP contribution in [0.25, 0.3) is 10.9 Å². The van der Waals surface area contributed by atoms with Crippen LogP contribution in [0.5, 0.6) is 11.5 Å². The Morgan fingerprint density at radius 3 is 2.54 bits per heavy atom. The first-order chi connectivity index (χ1) is 17.6. The van der Waals surface area contributed by atoms with E-state index in [-0.39, 0.29) is 17.6 Å². The van der Waals surface area contributed by atoms with Crippen molar-refractivity contribution in [1.82, 2.24) is 9.97 Å². The molecule has 2 fully saturated rings. The molecule has 0 spiro atoms. The normalized spacial score (nSPS) is 18.6. The van der Waals surface area contributed by atoms with E-state index in [1.807, 2.05) is 0 Å². The summed E-state index contributed by atoms with van der Waals surface area (Å²) < 4.78 is 57.4. The number of nitrogens with one attached hydrogen (secondary N) is 1. The Morgan fingerprint density at radius 1 is 1.14 bits per heavy atom. The lowest BCUT2D eigenvalue weighted by Crippen LogP contribution is -2.16. The number of alkyl halides is 3. The lowest BCUT2D eigenvalue weighted by molar-refractivity contribution is -0.385. The summed E-state index contributed by atoms with van der Waals surface area (Å²) >= 11 is 0. The van der Waals surface area contributed by atoms with Crippen molar-refractivity contribution in [2.75, 3.05) is 25.6 Å². The zero-order valence-electron chi connectivity index (χ0n) is 20.2. The van der Waals surface area contributed by atoms with Crippen molar-refractivity contribution < 1.29 is 32.3 Å². The highest BCUT2D eigenvalue weighted by Crippen LogP contribution is 2.42. The maximum atomic E-state index is 13.4. The second kappa shape index (κ2) is 9.66. The van der Waals surface area contributed by atoms with Gasteiger partial charge in [0.2, 0.25) is 0 Å². The number of nitrogens with zero attached hydrogens (tertiary/aromatic N) is 3. The van der Waals surface area contributed by atoms with E-state index in [4.69, 9.17) is 19.2 Å². The largest absolute Gasteiger partial charge is 0.493 e. The first kappa shape index (κ1) is 25.0. The van der Waals surface area contributed by atoms with Gasteiger partial charge in [-0.3, -0.25) is 10.1 Å². The van der Waals surface area contributed by atoms with Gasteiger partial charge in [-0.25, -0.2) is 9.97 Å². The van der Waals surface area contributed by atoms with Gasteiger partial charge in [0.25, 0.3) is 5.69 Å². The van der Waals surface area contributed by atoms with Crippen LogP contribution < -0.4 is 14.8 Å². The number of ether oxygens (including phenoxy) is 3. The van der Waals surface area contributed by atoms with Crippen LogP contribution in [0.2, 0.25) is 0 Å². The number of nitro benzene ring substituents is 1. The van der Waals surface area contributed by atoms with Crippen molar-refractivity contribution in [2.24, 2.45) is 0 Å². The minimum absolute atomic E-state index is 0.106. The van der Waals surface area contributed by atoms with Gasteiger partial charge in [0.05, 0.1) is 42.4 Å². The molecular weight excluding hydrogens is 493 g/mol. The molecule has 12 heteroatoms. The first-order valence-electron chi connectivity index (χ1n) is 11.9. The fourth-order valence-electron chi connectivity index (χ4n) is 4.27. The third kappa shape index (κ3) is 5.38. The van der Waals surface area contributed by atoms with Crippen molar-refractivity contribution in [3.05, 3.63) is 57.4 Å². The highest BCUT2D eigenvalue weighted by atomic mass is 19.4. The molecule has 1 N–H and O–H groups in total. The summed E-state index contributed by atoms with van der Waals surface area (Å²) in [4.78, 5) is 19.9. The van der Waals surface area contributed by atoms with E-state index in [1.165, 1.54) is 7.11 Å². The number of hydrogen-bond acceptors (Lipinski definition) is 8. The van der Waals surface area contributed by atoms with Crippen LogP contribution in [0.4, 0.5) is 24.7 Å². The summed E-state index contributed by atoms with van der Waals surface area (Å²) in [6, 6.07) is 5.33. The Kier molecular flexibility index (Phi) is 6.52. The van der Waals surface area contributed by atoms with Crippen LogP contribution in [0.3, 0.4) is 0 Å². The molecule has 0 radical (unpaired) electrons. The number of fused-ring (bicyclic) bond motifs is 1. The Labute approximate surface area is 210 Å². The van der Waals surface area contributed by atoms with E-state index in [0.717, 1.165) is 31.4 Å². The van der Waals surface area contributed by atoms with Crippen LogP contribution in [-0.2, 0) is 10.9 Å². The van der Waals surface area contributed by atoms with Crippen LogP contribution in [-0.4, -0.2) is 41.3 Å². The van der Waals surface area contributed by atoms with E-state index in [1.54, 1.807) is 19.1 Å². The molecule has 2 aliphatic rings. The molecule has 196 valence electrons. The monoisotopic (exact) mass is 518 g/mol. The van der Waals surface area contributed by atoms with Crippen LogP contribution in [0, 0.1) is 10.1 Å². The quantitative estimate of drug-likeness (QED) is 0.295. The van der Waals surface area contributed by atoms with Crippen LogP contribution in [0.1, 0.15) is 55.1 Å². The lowest BCUT2D eigenvalue weighted by Gasteiger charge is -2.20. The highest BCUT2D eigenvalue weighted by molar-refractivity contribution is 5.92. The average Bonchev–Trinajstić information content (AvgIpc) is 3.59. The summed E-state index contributed by atoms with van der Waals surface area (Å²) in [7, 11) is 1.53. The number of aromatic nitrogens is 2. The third-order valence-electron chi connectivity index (χ3n) is 6.45. The molecule has 2 heterocycles. The zero-order chi connectivity index (χ0) is 26.3. The molecule has 2 atom stereocenters. The van der Waals surface area contributed by atoms with Gasteiger partial charge in [0, 0.05) is 35.9 Å². The SMILES string of the molecule is COc1cc2nc(C3CC3)nc(NC(C)c3cc([N+](=O)[O-])cc(C(F)(F)F)c3)c2cc1O[C@H]1CCOC1. The van der Waals surface area contributed by atoms with E-state index in [9.17, 15) is 23.3 Å². The summed E-state index contributed by atoms with van der Waals surface area (Å²) in [5.74, 6) is 2.19. The van der Waals surface area contributed by atoms with E-state index >= 15 is 0 Å². The van der Waals surface area contributed by atoms with Gasteiger partial charge < -0.3 is 19.5 Å². The molecule has 1 saturated carbocycles. The minimum atomic E-state index is -4.73. The number of non-ortho nitro benzene ring substituents is 1. The highest BCUT2D eigenvalue weighted by Gasteiger charge is 2.34. The van der Waals surface area contributed by atoms with E-state index in [0.29, 0.717) is 53.3 Å². The predicted molar refractivity (Wildman–Crippen MR) is 128 cm³/mol.